The second kappa shape index (κ2) is 14.2. The maximum atomic E-state index is 14.8. The van der Waals surface area contributed by atoms with Crippen LogP contribution in [0.5, 0.6) is 0 Å². The van der Waals surface area contributed by atoms with Gasteiger partial charge in [-0.1, -0.05) is 25.0 Å². The summed E-state index contributed by atoms with van der Waals surface area (Å²) in [6, 6.07) is 12.0. The van der Waals surface area contributed by atoms with Crippen LogP contribution in [0.15, 0.2) is 59.4 Å². The molecule has 1 atom stereocenters. The molecular formula is C26H32F2NO4P. The van der Waals surface area contributed by atoms with Crippen LogP contribution in [0, 0.1) is 11.6 Å². The molecule has 1 heterocycles. The number of benzene rings is 2. The van der Waals surface area contributed by atoms with Crippen LogP contribution in [-0.4, -0.2) is 18.0 Å². The van der Waals surface area contributed by atoms with Gasteiger partial charge in [-0.3, -0.25) is 4.57 Å². The SMILES string of the molecule is O=[PH](O)OCCCNCc1cc(-c2ccoc2)c(CCCCCCc2ccc(F)cc2)cc1F. The molecule has 5 nitrogen and oxygen atoms in total. The number of furan rings is 1. The first-order chi connectivity index (χ1) is 16.5. The minimum absolute atomic E-state index is 0.187. The van der Waals surface area contributed by atoms with E-state index < -0.39 is 8.25 Å². The zero-order valence-corrected chi connectivity index (χ0v) is 20.2. The summed E-state index contributed by atoms with van der Waals surface area (Å²) in [6.07, 6.45) is 9.66. The first-order valence-electron chi connectivity index (χ1n) is 11.7. The van der Waals surface area contributed by atoms with Gasteiger partial charge in [0.2, 0.25) is 0 Å². The van der Waals surface area contributed by atoms with E-state index in [1.807, 2.05) is 24.3 Å². The zero-order chi connectivity index (χ0) is 24.2. The Morgan fingerprint density at radius 1 is 0.941 bits per heavy atom. The molecule has 184 valence electrons. The minimum Gasteiger partial charge on any atom is -0.472 e. The van der Waals surface area contributed by atoms with Crippen molar-refractivity contribution in [1.82, 2.24) is 5.32 Å². The maximum Gasteiger partial charge on any atom is 0.316 e. The van der Waals surface area contributed by atoms with E-state index in [0.717, 1.165) is 60.8 Å². The molecule has 34 heavy (non-hydrogen) atoms. The first kappa shape index (κ1) is 26.3. The second-order valence-corrected chi connectivity index (χ2v) is 9.12. The fraction of sp³-hybridized carbons (Fsp3) is 0.385. The predicted molar refractivity (Wildman–Crippen MR) is 130 cm³/mol. The Balaban J connectivity index is 1.50. The molecule has 0 spiro atoms. The van der Waals surface area contributed by atoms with E-state index >= 15 is 0 Å². The van der Waals surface area contributed by atoms with E-state index in [-0.39, 0.29) is 18.2 Å². The lowest BCUT2D eigenvalue weighted by Gasteiger charge is -2.13. The zero-order valence-electron chi connectivity index (χ0n) is 19.2. The second-order valence-electron chi connectivity index (χ2n) is 8.30. The molecule has 3 rings (SSSR count). The molecule has 8 heteroatoms. The number of aryl methyl sites for hydroxylation is 2. The van der Waals surface area contributed by atoms with Crippen LogP contribution in [0.2, 0.25) is 0 Å². The molecule has 0 amide bonds. The van der Waals surface area contributed by atoms with Gasteiger partial charge in [0.25, 0.3) is 0 Å². The van der Waals surface area contributed by atoms with E-state index in [1.165, 1.54) is 12.1 Å². The van der Waals surface area contributed by atoms with E-state index in [4.69, 9.17) is 9.31 Å². The lowest BCUT2D eigenvalue weighted by atomic mass is 9.94. The molecule has 0 saturated heterocycles. The van der Waals surface area contributed by atoms with Gasteiger partial charge in [-0.05, 0) is 85.7 Å². The molecule has 0 aliphatic carbocycles. The molecule has 0 aliphatic heterocycles. The van der Waals surface area contributed by atoms with Crippen LogP contribution in [0.4, 0.5) is 8.78 Å². The highest BCUT2D eigenvalue weighted by atomic mass is 31.1. The number of rotatable bonds is 15. The lowest BCUT2D eigenvalue weighted by molar-refractivity contribution is 0.276. The van der Waals surface area contributed by atoms with Gasteiger partial charge in [0.15, 0.2) is 0 Å². The Morgan fingerprint density at radius 3 is 2.41 bits per heavy atom. The van der Waals surface area contributed by atoms with Gasteiger partial charge in [-0.2, -0.15) is 0 Å². The maximum absolute atomic E-state index is 14.8. The van der Waals surface area contributed by atoms with Crippen LogP contribution < -0.4 is 5.32 Å². The normalized spacial score (nSPS) is 12.2. The average Bonchev–Trinajstić information content (AvgIpc) is 3.35. The molecule has 1 unspecified atom stereocenters. The number of unbranched alkanes of at least 4 members (excludes halogenated alkanes) is 3. The highest BCUT2D eigenvalue weighted by Crippen LogP contribution is 2.29. The summed E-state index contributed by atoms with van der Waals surface area (Å²) in [4.78, 5) is 8.66. The highest BCUT2D eigenvalue weighted by molar-refractivity contribution is 7.32. The third kappa shape index (κ3) is 8.80. The molecular weight excluding hydrogens is 459 g/mol. The lowest BCUT2D eigenvalue weighted by Crippen LogP contribution is -2.17. The van der Waals surface area contributed by atoms with Gasteiger partial charge in [-0.15, -0.1) is 0 Å². The van der Waals surface area contributed by atoms with E-state index in [9.17, 15) is 13.3 Å². The summed E-state index contributed by atoms with van der Waals surface area (Å²) in [7, 11) is -2.90. The van der Waals surface area contributed by atoms with Gasteiger partial charge in [0, 0.05) is 17.7 Å². The van der Waals surface area contributed by atoms with Crippen molar-refractivity contribution in [3.8, 4) is 11.1 Å². The van der Waals surface area contributed by atoms with Gasteiger partial charge in [-0.25, -0.2) is 8.78 Å². The molecule has 0 fully saturated rings. The fourth-order valence-corrected chi connectivity index (χ4v) is 4.24. The Hall–Kier alpha value is -2.31. The van der Waals surface area contributed by atoms with Crippen LogP contribution in [0.1, 0.15) is 48.8 Å². The van der Waals surface area contributed by atoms with Crippen molar-refractivity contribution >= 4 is 8.25 Å². The number of hydrogen-bond donors (Lipinski definition) is 2. The van der Waals surface area contributed by atoms with Gasteiger partial charge in [0.1, 0.15) is 11.6 Å². The van der Waals surface area contributed by atoms with Gasteiger partial charge >= 0.3 is 8.25 Å². The Labute approximate surface area is 200 Å². The van der Waals surface area contributed by atoms with Crippen LogP contribution in [-0.2, 0) is 28.5 Å². The summed E-state index contributed by atoms with van der Waals surface area (Å²) in [6.45, 7) is 1.09. The molecule has 2 N–H and O–H groups in total. The Bertz CT molecular complexity index is 1030. The van der Waals surface area contributed by atoms with Gasteiger partial charge in [0.05, 0.1) is 19.1 Å². The number of nitrogens with one attached hydrogen (secondary N) is 1. The van der Waals surface area contributed by atoms with E-state index in [2.05, 4.69) is 9.84 Å². The molecule has 0 radical (unpaired) electrons. The first-order valence-corrected chi connectivity index (χ1v) is 12.9. The Morgan fingerprint density at radius 2 is 1.71 bits per heavy atom. The van der Waals surface area contributed by atoms with Crippen LogP contribution in [0.3, 0.4) is 0 Å². The summed E-state index contributed by atoms with van der Waals surface area (Å²) < 4.78 is 48.3. The van der Waals surface area contributed by atoms with E-state index in [0.29, 0.717) is 25.1 Å². The van der Waals surface area contributed by atoms with Crippen molar-refractivity contribution in [2.75, 3.05) is 13.2 Å². The summed E-state index contributed by atoms with van der Waals surface area (Å²) in [5, 5.41) is 3.15. The van der Waals surface area contributed by atoms with Crippen molar-refractivity contribution in [2.45, 2.75) is 51.5 Å². The summed E-state index contributed by atoms with van der Waals surface area (Å²) in [5.74, 6) is -0.457. The predicted octanol–water partition coefficient (Wildman–Crippen LogP) is 6.45. The average molecular weight is 492 g/mol. The number of halogens is 2. The molecule has 0 saturated carbocycles. The largest absolute Gasteiger partial charge is 0.472 e. The van der Waals surface area contributed by atoms with Gasteiger partial charge < -0.3 is 19.2 Å². The van der Waals surface area contributed by atoms with Crippen LogP contribution >= 0.6 is 8.25 Å². The molecule has 0 bridgehead atoms. The van der Waals surface area contributed by atoms with Crippen molar-refractivity contribution in [3.05, 3.63) is 83.3 Å². The minimum atomic E-state index is -2.90. The van der Waals surface area contributed by atoms with Crippen molar-refractivity contribution in [2.24, 2.45) is 0 Å². The van der Waals surface area contributed by atoms with Crippen molar-refractivity contribution in [3.63, 3.8) is 0 Å². The molecule has 1 aromatic heterocycles. The smallest absolute Gasteiger partial charge is 0.316 e. The highest BCUT2D eigenvalue weighted by Gasteiger charge is 2.12. The number of hydrogen-bond acceptors (Lipinski definition) is 4. The van der Waals surface area contributed by atoms with Crippen LogP contribution in [0.25, 0.3) is 11.1 Å². The summed E-state index contributed by atoms with van der Waals surface area (Å²) in [5.41, 5.74) is 4.57. The Kier molecular flexibility index (Phi) is 11.0. The third-order valence-corrected chi connectivity index (χ3v) is 6.17. The third-order valence-electron chi connectivity index (χ3n) is 5.72. The topological polar surface area (TPSA) is 71.7 Å². The molecule has 0 aliphatic rings. The quantitative estimate of drug-likeness (QED) is 0.189. The molecule has 3 aromatic rings. The van der Waals surface area contributed by atoms with E-state index in [1.54, 1.807) is 18.6 Å². The van der Waals surface area contributed by atoms with Crippen molar-refractivity contribution in [1.29, 1.82) is 0 Å². The fourth-order valence-electron chi connectivity index (χ4n) is 3.92. The monoisotopic (exact) mass is 491 g/mol. The standard InChI is InChI=1S/C26H32F2NO4P/c27-24-10-8-20(9-11-24)6-3-1-2-4-7-21-17-26(28)23(16-25(21)22-12-15-32-19-22)18-29-13-5-14-33-34(30)31/h8-12,15-17,19,29,34H,1-7,13-14,18H2,(H,30,31). The summed E-state index contributed by atoms with van der Waals surface area (Å²) >= 11 is 0. The van der Waals surface area contributed by atoms with Crippen molar-refractivity contribution < 1.29 is 27.2 Å². The molecule has 2 aromatic carbocycles.